The monoisotopic (exact) mass is 260 g/mol. The molecule has 1 unspecified atom stereocenters. The molecule has 0 radical (unpaired) electrons. The molecule has 6 heteroatoms. The van der Waals surface area contributed by atoms with Crippen LogP contribution in [0.3, 0.4) is 0 Å². The zero-order valence-corrected chi connectivity index (χ0v) is 10.4. The largest absolute Gasteiger partial charge is 0.382 e. The minimum absolute atomic E-state index is 0.641. The fraction of sp³-hybridized carbons (Fsp3) is 0.333. The van der Waals surface area contributed by atoms with Gasteiger partial charge in [0.15, 0.2) is 0 Å². The van der Waals surface area contributed by atoms with Crippen LogP contribution in [0.15, 0.2) is 12.1 Å². The van der Waals surface area contributed by atoms with Crippen LogP contribution in [-0.2, 0) is 6.42 Å². The van der Waals surface area contributed by atoms with Gasteiger partial charge in [0.1, 0.15) is 6.10 Å². The van der Waals surface area contributed by atoms with Crippen LogP contribution in [0.4, 0.5) is 0 Å². The van der Waals surface area contributed by atoms with Crippen molar-refractivity contribution in [3.8, 4) is 0 Å². The molecule has 2 aromatic heterocycles. The van der Waals surface area contributed by atoms with Crippen molar-refractivity contribution >= 4 is 34.5 Å². The van der Waals surface area contributed by atoms with Crippen LogP contribution in [0.5, 0.6) is 0 Å². The number of aliphatic hydroxyl groups excluding tert-OH is 1. The van der Waals surface area contributed by atoms with E-state index in [1.807, 2.05) is 13.0 Å². The number of rotatable bonds is 3. The minimum atomic E-state index is -0.641. The third kappa shape index (κ3) is 2.20. The number of nitrogens with zero attached hydrogens (tertiary/aromatic N) is 2. The van der Waals surface area contributed by atoms with Gasteiger partial charge >= 0.3 is 0 Å². The summed E-state index contributed by atoms with van der Waals surface area (Å²) in [7, 11) is 0. The van der Waals surface area contributed by atoms with Gasteiger partial charge in [0.2, 0.25) is 0 Å². The zero-order chi connectivity index (χ0) is 10.8. The summed E-state index contributed by atoms with van der Waals surface area (Å²) in [6, 6.07) is 3.61. The molecule has 0 fully saturated rings. The average molecular weight is 261 g/mol. The standard InChI is InChI=1S/C9H9ClN2OS2/c1-2-5-9(15-12-11-5)8(13)6-3-4-7(10)14-6/h3-4,8,13H,2H2,1H3. The van der Waals surface area contributed by atoms with E-state index in [2.05, 4.69) is 9.59 Å². The van der Waals surface area contributed by atoms with Crippen LogP contribution < -0.4 is 0 Å². The maximum Gasteiger partial charge on any atom is 0.126 e. The molecule has 0 amide bonds. The highest BCUT2D eigenvalue weighted by Gasteiger charge is 2.19. The lowest BCUT2D eigenvalue weighted by Crippen LogP contribution is -1.98. The van der Waals surface area contributed by atoms with Crippen molar-refractivity contribution in [3.05, 3.63) is 31.9 Å². The summed E-state index contributed by atoms with van der Waals surface area (Å²) in [5.41, 5.74) is 0.858. The van der Waals surface area contributed by atoms with Crippen molar-refractivity contribution in [3.63, 3.8) is 0 Å². The number of aliphatic hydroxyl groups is 1. The number of hydrogen-bond donors (Lipinski definition) is 1. The Bertz CT molecular complexity index is 454. The summed E-state index contributed by atoms with van der Waals surface area (Å²) >= 11 is 8.44. The van der Waals surface area contributed by atoms with Gasteiger partial charge in [-0.2, -0.15) is 0 Å². The highest BCUT2D eigenvalue weighted by molar-refractivity contribution is 7.16. The smallest absolute Gasteiger partial charge is 0.126 e. The molecule has 80 valence electrons. The molecule has 0 spiro atoms. The van der Waals surface area contributed by atoms with E-state index in [9.17, 15) is 5.11 Å². The molecule has 0 aromatic carbocycles. The van der Waals surface area contributed by atoms with Gasteiger partial charge in [-0.15, -0.1) is 16.4 Å². The Hall–Kier alpha value is -0.490. The molecule has 1 atom stereocenters. The van der Waals surface area contributed by atoms with Crippen LogP contribution in [-0.4, -0.2) is 14.7 Å². The lowest BCUT2D eigenvalue weighted by Gasteiger charge is -2.05. The minimum Gasteiger partial charge on any atom is -0.382 e. The van der Waals surface area contributed by atoms with E-state index >= 15 is 0 Å². The number of aromatic nitrogens is 2. The van der Waals surface area contributed by atoms with Gasteiger partial charge in [-0.05, 0) is 30.1 Å². The lowest BCUT2D eigenvalue weighted by atomic mass is 10.2. The molecule has 0 bridgehead atoms. The Kier molecular flexibility index (Phi) is 3.35. The van der Waals surface area contributed by atoms with Crippen molar-refractivity contribution in [2.45, 2.75) is 19.4 Å². The van der Waals surface area contributed by atoms with Crippen LogP contribution in [0.25, 0.3) is 0 Å². The molecule has 3 nitrogen and oxygen atoms in total. The SMILES string of the molecule is CCc1nnsc1C(O)c1ccc(Cl)s1. The van der Waals surface area contributed by atoms with E-state index < -0.39 is 6.10 Å². The summed E-state index contributed by atoms with van der Waals surface area (Å²) < 4.78 is 4.53. The highest BCUT2D eigenvalue weighted by atomic mass is 35.5. The van der Waals surface area contributed by atoms with E-state index in [0.29, 0.717) is 4.34 Å². The first-order valence-electron chi connectivity index (χ1n) is 4.46. The summed E-state index contributed by atoms with van der Waals surface area (Å²) in [5, 5.41) is 14.1. The summed E-state index contributed by atoms with van der Waals surface area (Å²) in [5.74, 6) is 0. The second-order valence-corrected chi connectivity index (χ2v) is 5.51. The molecule has 0 aliphatic heterocycles. The first-order chi connectivity index (χ1) is 7.22. The first kappa shape index (κ1) is 11.0. The van der Waals surface area contributed by atoms with Crippen molar-refractivity contribution in [1.29, 1.82) is 0 Å². The van der Waals surface area contributed by atoms with Gasteiger partial charge in [0.05, 0.1) is 14.9 Å². The van der Waals surface area contributed by atoms with Crippen LogP contribution >= 0.6 is 34.5 Å². The van der Waals surface area contributed by atoms with E-state index in [1.54, 1.807) is 6.07 Å². The fourth-order valence-electron chi connectivity index (χ4n) is 1.27. The average Bonchev–Trinajstić information content (AvgIpc) is 2.84. The number of thiophene rings is 1. The Labute approximate surface area is 101 Å². The maximum atomic E-state index is 10.1. The predicted octanol–water partition coefficient (Wildman–Crippen LogP) is 2.90. The molecular formula is C9H9ClN2OS2. The van der Waals surface area contributed by atoms with E-state index in [4.69, 9.17) is 11.6 Å². The van der Waals surface area contributed by atoms with Crippen molar-refractivity contribution < 1.29 is 5.11 Å². The normalized spacial score (nSPS) is 13.0. The maximum absolute atomic E-state index is 10.1. The summed E-state index contributed by atoms with van der Waals surface area (Å²) in [4.78, 5) is 1.65. The second-order valence-electron chi connectivity index (χ2n) is 2.98. The van der Waals surface area contributed by atoms with Gasteiger partial charge in [-0.3, -0.25) is 0 Å². The lowest BCUT2D eigenvalue weighted by molar-refractivity contribution is 0.226. The third-order valence-electron chi connectivity index (χ3n) is 2.03. The molecule has 0 saturated carbocycles. The van der Waals surface area contributed by atoms with Crippen molar-refractivity contribution in [1.82, 2.24) is 9.59 Å². The Morgan fingerprint density at radius 2 is 2.33 bits per heavy atom. The number of aryl methyl sites for hydroxylation is 1. The van der Waals surface area contributed by atoms with Gasteiger partial charge in [0, 0.05) is 4.88 Å². The van der Waals surface area contributed by atoms with Crippen molar-refractivity contribution in [2.24, 2.45) is 0 Å². The predicted molar refractivity (Wildman–Crippen MR) is 62.7 cm³/mol. The summed E-state index contributed by atoms with van der Waals surface area (Å²) in [6.07, 6.45) is 0.139. The third-order valence-corrected chi connectivity index (χ3v) is 4.13. The molecule has 2 heterocycles. The van der Waals surface area contributed by atoms with Crippen LogP contribution in [0, 0.1) is 0 Å². The Morgan fingerprint density at radius 1 is 1.53 bits per heavy atom. The van der Waals surface area contributed by atoms with Crippen LogP contribution in [0.2, 0.25) is 4.34 Å². The number of hydrogen-bond acceptors (Lipinski definition) is 5. The second kappa shape index (κ2) is 4.57. The first-order valence-corrected chi connectivity index (χ1v) is 6.43. The topological polar surface area (TPSA) is 46.0 Å². The molecule has 0 aliphatic rings. The van der Waals surface area contributed by atoms with Gasteiger partial charge in [-0.25, -0.2) is 0 Å². The Balaban J connectivity index is 2.31. The highest BCUT2D eigenvalue weighted by Crippen LogP contribution is 2.33. The van der Waals surface area contributed by atoms with Crippen molar-refractivity contribution in [2.75, 3.05) is 0 Å². The van der Waals surface area contributed by atoms with Crippen LogP contribution in [0.1, 0.15) is 28.5 Å². The molecule has 15 heavy (non-hydrogen) atoms. The van der Waals surface area contributed by atoms with E-state index in [-0.39, 0.29) is 0 Å². The van der Waals surface area contributed by atoms with E-state index in [1.165, 1.54) is 22.9 Å². The molecule has 1 N–H and O–H groups in total. The molecule has 2 aromatic rings. The van der Waals surface area contributed by atoms with Gasteiger partial charge in [-0.1, -0.05) is 23.0 Å². The number of halogens is 1. The molecule has 0 aliphatic carbocycles. The zero-order valence-electron chi connectivity index (χ0n) is 7.98. The van der Waals surface area contributed by atoms with E-state index in [0.717, 1.165) is 21.9 Å². The quantitative estimate of drug-likeness (QED) is 0.923. The fourth-order valence-corrected chi connectivity index (χ4v) is 3.15. The molecular weight excluding hydrogens is 252 g/mol. The van der Waals surface area contributed by atoms with Gasteiger partial charge < -0.3 is 5.11 Å². The Morgan fingerprint density at radius 3 is 2.93 bits per heavy atom. The molecule has 2 rings (SSSR count). The summed E-state index contributed by atoms with van der Waals surface area (Å²) in [6.45, 7) is 1.99. The molecule has 0 saturated heterocycles. The van der Waals surface area contributed by atoms with Gasteiger partial charge in [0.25, 0.3) is 0 Å².